The molecule has 0 atom stereocenters. The quantitative estimate of drug-likeness (QED) is 0.771. The molecular formula is C12H8ClN3S2. The molecule has 18 heavy (non-hydrogen) atoms. The van der Waals surface area contributed by atoms with Crippen LogP contribution in [0, 0.1) is 0 Å². The number of rotatable bonds is 2. The number of nitrogens with zero attached hydrogens (tertiary/aromatic N) is 2. The van der Waals surface area contributed by atoms with Gasteiger partial charge in [-0.25, -0.2) is 9.97 Å². The van der Waals surface area contributed by atoms with Crippen molar-refractivity contribution in [2.24, 2.45) is 0 Å². The predicted octanol–water partition coefficient (Wildman–Crippen LogP) is 4.17. The highest BCUT2D eigenvalue weighted by molar-refractivity contribution is 7.14. The number of hydrogen-bond acceptors (Lipinski definition) is 5. The summed E-state index contributed by atoms with van der Waals surface area (Å²) in [5, 5.41) is 6.02. The first-order chi connectivity index (χ1) is 8.74. The fourth-order valence-electron chi connectivity index (χ4n) is 1.55. The van der Waals surface area contributed by atoms with Crippen LogP contribution in [0.5, 0.6) is 0 Å². The van der Waals surface area contributed by atoms with Gasteiger partial charge >= 0.3 is 0 Å². The van der Waals surface area contributed by atoms with Crippen LogP contribution >= 0.6 is 34.3 Å². The molecule has 0 amide bonds. The van der Waals surface area contributed by atoms with Crippen LogP contribution in [-0.2, 0) is 0 Å². The van der Waals surface area contributed by atoms with Crippen molar-refractivity contribution in [2.75, 3.05) is 5.73 Å². The zero-order valence-corrected chi connectivity index (χ0v) is 11.5. The van der Waals surface area contributed by atoms with Gasteiger partial charge in [0, 0.05) is 16.3 Å². The molecule has 3 aromatic rings. The summed E-state index contributed by atoms with van der Waals surface area (Å²) in [4.78, 5) is 8.77. The minimum Gasteiger partial charge on any atom is -0.375 e. The highest BCUT2D eigenvalue weighted by atomic mass is 35.5. The molecule has 0 bridgehead atoms. The summed E-state index contributed by atoms with van der Waals surface area (Å²) in [6, 6.07) is 7.67. The Morgan fingerprint density at radius 1 is 1.00 bits per heavy atom. The first-order valence-corrected chi connectivity index (χ1v) is 7.29. The van der Waals surface area contributed by atoms with Crippen LogP contribution in [0.25, 0.3) is 22.0 Å². The molecule has 0 radical (unpaired) electrons. The number of aromatic nitrogens is 2. The summed E-state index contributed by atoms with van der Waals surface area (Å²) in [5.41, 5.74) is 8.21. The Morgan fingerprint density at radius 2 is 1.72 bits per heavy atom. The fourth-order valence-corrected chi connectivity index (χ4v) is 3.25. The van der Waals surface area contributed by atoms with E-state index in [-0.39, 0.29) is 0 Å². The fraction of sp³-hybridized carbons (Fsp3) is 0. The van der Waals surface area contributed by atoms with Crippen LogP contribution in [-0.4, -0.2) is 9.97 Å². The van der Waals surface area contributed by atoms with Crippen LogP contribution in [0.15, 0.2) is 35.0 Å². The van der Waals surface area contributed by atoms with Crippen molar-refractivity contribution in [1.29, 1.82) is 0 Å². The smallest absolute Gasteiger partial charge is 0.180 e. The maximum absolute atomic E-state index is 6.15. The van der Waals surface area contributed by atoms with E-state index < -0.39 is 0 Å². The molecule has 0 saturated carbocycles. The molecule has 1 aromatic carbocycles. The number of thiazole rings is 2. The van der Waals surface area contributed by atoms with Gasteiger partial charge in [-0.2, -0.15) is 0 Å². The molecule has 0 fully saturated rings. The maximum atomic E-state index is 6.15. The predicted molar refractivity (Wildman–Crippen MR) is 78.1 cm³/mol. The van der Waals surface area contributed by atoms with E-state index in [4.69, 9.17) is 17.3 Å². The molecule has 0 unspecified atom stereocenters. The van der Waals surface area contributed by atoms with E-state index in [1.165, 1.54) is 11.3 Å². The van der Waals surface area contributed by atoms with Gasteiger partial charge in [0.05, 0.1) is 5.02 Å². The largest absolute Gasteiger partial charge is 0.375 e. The van der Waals surface area contributed by atoms with Gasteiger partial charge in [0.25, 0.3) is 0 Å². The average molecular weight is 294 g/mol. The second kappa shape index (κ2) is 4.68. The standard InChI is InChI=1S/C12H8ClN3S2/c13-8-4-2-1-3-7(8)11-15-9(5-17-11)10-6-18-12(14)16-10/h1-6H,(H2,14,16). The van der Waals surface area contributed by atoms with Gasteiger partial charge in [-0.3, -0.25) is 0 Å². The molecule has 0 saturated heterocycles. The lowest BCUT2D eigenvalue weighted by Gasteiger charge is -1.98. The van der Waals surface area contributed by atoms with Crippen LogP contribution < -0.4 is 5.73 Å². The second-order valence-corrected chi connectivity index (χ2v) is 5.74. The maximum Gasteiger partial charge on any atom is 0.180 e. The molecule has 90 valence electrons. The van der Waals surface area contributed by atoms with E-state index >= 15 is 0 Å². The summed E-state index contributed by atoms with van der Waals surface area (Å²) in [6.45, 7) is 0. The summed E-state index contributed by atoms with van der Waals surface area (Å²) in [7, 11) is 0. The third-order valence-corrected chi connectivity index (χ3v) is 4.27. The highest BCUT2D eigenvalue weighted by Gasteiger charge is 2.11. The van der Waals surface area contributed by atoms with Crippen LogP contribution in [0.2, 0.25) is 5.02 Å². The summed E-state index contributed by atoms with van der Waals surface area (Å²) < 4.78 is 0. The molecule has 3 nitrogen and oxygen atoms in total. The third-order valence-electron chi connectivity index (χ3n) is 2.39. The van der Waals surface area contributed by atoms with Crippen molar-refractivity contribution in [3.63, 3.8) is 0 Å². The van der Waals surface area contributed by atoms with Crippen molar-refractivity contribution in [1.82, 2.24) is 9.97 Å². The van der Waals surface area contributed by atoms with Gasteiger partial charge < -0.3 is 5.73 Å². The number of benzene rings is 1. The Hall–Kier alpha value is -1.43. The number of nitrogens with two attached hydrogens (primary N) is 1. The molecule has 2 aromatic heterocycles. The zero-order valence-electron chi connectivity index (χ0n) is 9.13. The van der Waals surface area contributed by atoms with Gasteiger partial charge in [0.2, 0.25) is 0 Å². The molecule has 2 N–H and O–H groups in total. The summed E-state index contributed by atoms with van der Waals surface area (Å²) in [5.74, 6) is 0. The Labute approximate surface area is 117 Å². The van der Waals surface area contributed by atoms with Crippen LogP contribution in [0.1, 0.15) is 0 Å². The molecule has 6 heteroatoms. The Bertz CT molecular complexity index is 690. The van der Waals surface area contributed by atoms with E-state index in [0.717, 1.165) is 22.0 Å². The van der Waals surface area contributed by atoms with Crippen molar-refractivity contribution in [2.45, 2.75) is 0 Å². The molecule has 0 aliphatic heterocycles. The van der Waals surface area contributed by atoms with Crippen LogP contribution in [0.3, 0.4) is 0 Å². The number of halogens is 1. The Morgan fingerprint density at radius 3 is 2.44 bits per heavy atom. The van der Waals surface area contributed by atoms with E-state index in [9.17, 15) is 0 Å². The van der Waals surface area contributed by atoms with Gasteiger partial charge in [0.1, 0.15) is 16.4 Å². The van der Waals surface area contributed by atoms with E-state index in [1.54, 1.807) is 11.3 Å². The van der Waals surface area contributed by atoms with E-state index in [0.29, 0.717) is 10.2 Å². The average Bonchev–Trinajstić information content (AvgIpc) is 2.98. The molecule has 0 aliphatic carbocycles. The van der Waals surface area contributed by atoms with E-state index in [1.807, 2.05) is 35.0 Å². The molecule has 0 spiro atoms. The van der Waals surface area contributed by atoms with Gasteiger partial charge in [0.15, 0.2) is 5.13 Å². The normalized spacial score (nSPS) is 10.7. The number of hydrogen-bond donors (Lipinski definition) is 1. The molecule has 2 heterocycles. The Kier molecular flexibility index (Phi) is 3.03. The van der Waals surface area contributed by atoms with Gasteiger partial charge in [-0.05, 0) is 6.07 Å². The van der Waals surface area contributed by atoms with Crippen LogP contribution in [0.4, 0.5) is 5.13 Å². The van der Waals surface area contributed by atoms with Gasteiger partial charge in [-0.15, -0.1) is 22.7 Å². The monoisotopic (exact) mass is 293 g/mol. The summed E-state index contributed by atoms with van der Waals surface area (Å²) in [6.07, 6.45) is 0. The molecular weight excluding hydrogens is 286 g/mol. The lowest BCUT2D eigenvalue weighted by molar-refractivity contribution is 1.33. The lowest BCUT2D eigenvalue weighted by atomic mass is 10.2. The SMILES string of the molecule is Nc1nc(-c2csc(-c3ccccc3Cl)n2)cs1. The third kappa shape index (κ3) is 2.12. The number of anilines is 1. The minimum absolute atomic E-state index is 0.553. The first kappa shape index (κ1) is 11.6. The minimum atomic E-state index is 0.553. The van der Waals surface area contributed by atoms with E-state index in [2.05, 4.69) is 9.97 Å². The van der Waals surface area contributed by atoms with Crippen molar-refractivity contribution < 1.29 is 0 Å². The second-order valence-electron chi connectivity index (χ2n) is 3.59. The zero-order chi connectivity index (χ0) is 12.5. The highest BCUT2D eigenvalue weighted by Crippen LogP contribution is 2.33. The first-order valence-electron chi connectivity index (χ1n) is 5.16. The Balaban J connectivity index is 2.02. The number of nitrogen functional groups attached to an aromatic ring is 1. The topological polar surface area (TPSA) is 51.8 Å². The molecule has 0 aliphatic rings. The lowest BCUT2D eigenvalue weighted by Crippen LogP contribution is -1.83. The molecule has 3 rings (SSSR count). The van der Waals surface area contributed by atoms with Gasteiger partial charge in [-0.1, -0.05) is 29.8 Å². The van der Waals surface area contributed by atoms with Crippen molar-refractivity contribution >= 4 is 39.4 Å². The van der Waals surface area contributed by atoms with Crippen molar-refractivity contribution in [3.05, 3.63) is 40.0 Å². The van der Waals surface area contributed by atoms with Crippen molar-refractivity contribution in [3.8, 4) is 22.0 Å². The summed E-state index contributed by atoms with van der Waals surface area (Å²) >= 11 is 9.11.